The molecular weight excluding hydrogens is 270 g/mol. The van der Waals surface area contributed by atoms with Gasteiger partial charge in [-0.15, -0.1) is 0 Å². The molecule has 2 aliphatic rings. The topological polar surface area (TPSA) is 23.5 Å². The van der Waals surface area contributed by atoms with E-state index in [0.29, 0.717) is 10.8 Å². The molecular formula is C20H31NO. The molecule has 1 aromatic carbocycles. The Morgan fingerprint density at radius 1 is 1.18 bits per heavy atom. The van der Waals surface area contributed by atoms with Gasteiger partial charge in [0.05, 0.1) is 6.10 Å². The number of benzene rings is 1. The Kier molecular flexibility index (Phi) is 4.11. The number of hydrogen-bond donors (Lipinski definition) is 1. The van der Waals surface area contributed by atoms with Gasteiger partial charge >= 0.3 is 0 Å². The van der Waals surface area contributed by atoms with E-state index < -0.39 is 0 Å². The molecule has 3 atom stereocenters. The van der Waals surface area contributed by atoms with Crippen LogP contribution in [0.15, 0.2) is 24.3 Å². The maximum absolute atomic E-state index is 10.5. The molecule has 1 aliphatic heterocycles. The molecule has 1 N–H and O–H groups in total. The van der Waals surface area contributed by atoms with Crippen molar-refractivity contribution in [3.05, 3.63) is 35.4 Å². The zero-order chi connectivity index (χ0) is 16.0. The summed E-state index contributed by atoms with van der Waals surface area (Å²) in [5, 5.41) is 10.5. The van der Waals surface area contributed by atoms with Gasteiger partial charge in [-0.2, -0.15) is 0 Å². The van der Waals surface area contributed by atoms with Crippen LogP contribution in [0.5, 0.6) is 0 Å². The summed E-state index contributed by atoms with van der Waals surface area (Å²) < 4.78 is 0. The van der Waals surface area contributed by atoms with Gasteiger partial charge in [0.1, 0.15) is 0 Å². The van der Waals surface area contributed by atoms with Crippen molar-refractivity contribution in [2.75, 3.05) is 13.1 Å². The summed E-state index contributed by atoms with van der Waals surface area (Å²) >= 11 is 0. The molecule has 2 bridgehead atoms. The second-order valence-corrected chi connectivity index (χ2v) is 8.90. The number of hydrogen-bond acceptors (Lipinski definition) is 2. The lowest BCUT2D eigenvalue weighted by Gasteiger charge is -2.40. The van der Waals surface area contributed by atoms with Gasteiger partial charge in [-0.1, -0.05) is 50.6 Å². The van der Waals surface area contributed by atoms with Crippen LogP contribution in [0.3, 0.4) is 0 Å². The number of aryl methyl sites for hydroxylation is 1. The Morgan fingerprint density at radius 2 is 1.86 bits per heavy atom. The van der Waals surface area contributed by atoms with E-state index in [2.05, 4.69) is 56.9 Å². The van der Waals surface area contributed by atoms with Crippen molar-refractivity contribution in [3.63, 3.8) is 0 Å². The fourth-order valence-electron chi connectivity index (χ4n) is 5.08. The van der Waals surface area contributed by atoms with Crippen molar-refractivity contribution in [1.29, 1.82) is 0 Å². The van der Waals surface area contributed by atoms with Crippen molar-refractivity contribution in [3.8, 4) is 0 Å². The lowest BCUT2D eigenvalue weighted by Crippen LogP contribution is -2.35. The van der Waals surface area contributed by atoms with Crippen LogP contribution in [0.2, 0.25) is 0 Å². The van der Waals surface area contributed by atoms with E-state index in [0.717, 1.165) is 24.6 Å². The van der Waals surface area contributed by atoms with Gasteiger partial charge in [0.25, 0.3) is 0 Å². The van der Waals surface area contributed by atoms with E-state index in [9.17, 15) is 5.11 Å². The Labute approximate surface area is 135 Å². The second-order valence-electron chi connectivity index (χ2n) is 8.90. The highest BCUT2D eigenvalue weighted by Gasteiger charge is 2.49. The molecule has 122 valence electrons. The van der Waals surface area contributed by atoms with E-state index in [1.54, 1.807) is 0 Å². The molecule has 22 heavy (non-hydrogen) atoms. The predicted molar refractivity (Wildman–Crippen MR) is 91.9 cm³/mol. The summed E-state index contributed by atoms with van der Waals surface area (Å²) in [4.78, 5) is 2.64. The van der Waals surface area contributed by atoms with Crippen LogP contribution in [-0.2, 0) is 0 Å². The molecule has 3 unspecified atom stereocenters. The first kappa shape index (κ1) is 16.0. The highest BCUT2D eigenvalue weighted by atomic mass is 16.3. The van der Waals surface area contributed by atoms with Gasteiger partial charge in [-0.05, 0) is 49.0 Å². The lowest BCUT2D eigenvalue weighted by atomic mass is 9.65. The minimum absolute atomic E-state index is 0.332. The summed E-state index contributed by atoms with van der Waals surface area (Å²) in [5.41, 5.74) is 3.27. The maximum Gasteiger partial charge on any atom is 0.0802 e. The van der Waals surface area contributed by atoms with Crippen molar-refractivity contribution >= 4 is 0 Å². The van der Waals surface area contributed by atoms with Crippen molar-refractivity contribution < 1.29 is 5.11 Å². The molecule has 1 aromatic rings. The van der Waals surface area contributed by atoms with Gasteiger partial charge in [0.15, 0.2) is 0 Å². The Bertz CT molecular complexity index is 521. The number of likely N-dealkylation sites (tertiary alicyclic amines) is 1. The summed E-state index contributed by atoms with van der Waals surface area (Å²) in [7, 11) is 0. The minimum Gasteiger partial charge on any atom is -0.388 e. The predicted octanol–water partition coefficient (Wildman–Crippen LogP) is 4.32. The lowest BCUT2D eigenvalue weighted by molar-refractivity contribution is 0.116. The fourth-order valence-corrected chi connectivity index (χ4v) is 5.08. The Balaban J connectivity index is 1.59. The quantitative estimate of drug-likeness (QED) is 0.895. The van der Waals surface area contributed by atoms with Crippen molar-refractivity contribution in [1.82, 2.24) is 4.90 Å². The van der Waals surface area contributed by atoms with Crippen LogP contribution < -0.4 is 0 Å². The van der Waals surface area contributed by atoms with E-state index >= 15 is 0 Å². The van der Waals surface area contributed by atoms with Crippen LogP contribution in [0.4, 0.5) is 0 Å². The maximum atomic E-state index is 10.5. The van der Waals surface area contributed by atoms with Gasteiger partial charge in [-0.25, -0.2) is 0 Å². The van der Waals surface area contributed by atoms with Gasteiger partial charge in [0, 0.05) is 19.1 Å². The number of nitrogens with zero attached hydrogens (tertiary/aromatic N) is 1. The number of rotatable bonds is 4. The average Bonchev–Trinajstić information content (AvgIpc) is 2.65. The monoisotopic (exact) mass is 301 g/mol. The normalized spacial score (nSPS) is 32.1. The van der Waals surface area contributed by atoms with Crippen LogP contribution in [0.25, 0.3) is 0 Å². The number of aliphatic hydroxyl groups excluding tert-OH is 1. The second kappa shape index (κ2) is 5.65. The molecule has 2 fully saturated rings. The van der Waals surface area contributed by atoms with Crippen LogP contribution >= 0.6 is 0 Å². The number of aliphatic hydroxyl groups is 1. The van der Waals surface area contributed by atoms with Gasteiger partial charge < -0.3 is 5.11 Å². The molecule has 1 saturated carbocycles. The first-order chi connectivity index (χ1) is 10.3. The van der Waals surface area contributed by atoms with Crippen LogP contribution in [0.1, 0.15) is 63.7 Å². The molecule has 1 saturated heterocycles. The molecule has 0 amide bonds. The standard InChI is InChI=1S/C20H31NO/c1-15-5-7-16(8-6-15)18(22)9-10-21-14-20(4)12-17(21)11-19(2,3)13-20/h5-8,17-18,22H,9-14H2,1-4H3. The van der Waals surface area contributed by atoms with E-state index in [4.69, 9.17) is 0 Å². The number of fused-ring (bicyclic) bond motifs is 2. The summed E-state index contributed by atoms with van der Waals surface area (Å²) in [6, 6.07) is 9.02. The highest BCUT2D eigenvalue weighted by Crippen LogP contribution is 2.52. The summed E-state index contributed by atoms with van der Waals surface area (Å²) in [6.45, 7) is 11.6. The fraction of sp³-hybridized carbons (Fsp3) is 0.700. The molecule has 0 spiro atoms. The first-order valence-corrected chi connectivity index (χ1v) is 8.75. The van der Waals surface area contributed by atoms with Gasteiger partial charge in [0.2, 0.25) is 0 Å². The Morgan fingerprint density at radius 3 is 2.55 bits per heavy atom. The molecule has 0 aromatic heterocycles. The molecule has 1 aliphatic carbocycles. The third-order valence-corrected chi connectivity index (χ3v) is 5.68. The Hall–Kier alpha value is -0.860. The highest BCUT2D eigenvalue weighted by molar-refractivity contribution is 5.23. The van der Waals surface area contributed by atoms with E-state index in [1.165, 1.54) is 31.4 Å². The largest absolute Gasteiger partial charge is 0.388 e. The summed E-state index contributed by atoms with van der Waals surface area (Å²) in [5.74, 6) is 0. The third-order valence-electron chi connectivity index (χ3n) is 5.68. The van der Waals surface area contributed by atoms with E-state index in [-0.39, 0.29) is 6.10 Å². The van der Waals surface area contributed by atoms with Crippen LogP contribution in [0, 0.1) is 17.8 Å². The van der Waals surface area contributed by atoms with Crippen LogP contribution in [-0.4, -0.2) is 29.1 Å². The minimum atomic E-state index is -0.332. The summed E-state index contributed by atoms with van der Waals surface area (Å²) in [6.07, 6.45) is 4.51. The average molecular weight is 301 g/mol. The SMILES string of the molecule is Cc1ccc(C(O)CCN2CC3(C)CC2CC(C)(C)C3)cc1. The van der Waals surface area contributed by atoms with E-state index in [1.807, 2.05) is 0 Å². The zero-order valence-corrected chi connectivity index (χ0v) is 14.6. The smallest absolute Gasteiger partial charge is 0.0802 e. The molecule has 2 heteroatoms. The van der Waals surface area contributed by atoms with Crippen molar-refractivity contribution in [2.24, 2.45) is 10.8 Å². The molecule has 1 heterocycles. The van der Waals surface area contributed by atoms with Crippen molar-refractivity contribution in [2.45, 2.75) is 65.5 Å². The first-order valence-electron chi connectivity index (χ1n) is 8.75. The zero-order valence-electron chi connectivity index (χ0n) is 14.6. The molecule has 2 nitrogen and oxygen atoms in total. The molecule has 0 radical (unpaired) electrons. The molecule has 3 rings (SSSR count). The van der Waals surface area contributed by atoms with Gasteiger partial charge in [-0.3, -0.25) is 4.90 Å². The third kappa shape index (κ3) is 3.38.